The van der Waals surface area contributed by atoms with Crippen molar-refractivity contribution in [3.05, 3.63) is 111 Å². The molecule has 5 rings (SSSR count). The standard InChI is InChI=1S/C36H33Cl3N4O7/c1-18(2)32(43-35(49)19-7-9-22(37)10-8-19)34(48)31-25-6-4-3-5-20(25)13-26(31)40-16-29(44)41-27(15-30(45)46)33(47)36-42-28(17-50-36)21-11-23(38)14-24(39)12-21/h3-12,14,17-18,26-27,31-32,40H,13,15-16H2,1-2H3,(H,41,44)(H,43,49)(H,45,46)/t26?,27-,31?,32-/m0/s1. The summed E-state index contributed by atoms with van der Waals surface area (Å²) in [6.45, 7) is 3.33. The van der Waals surface area contributed by atoms with Crippen LogP contribution in [0.2, 0.25) is 15.1 Å². The van der Waals surface area contributed by atoms with Gasteiger partial charge in [0, 0.05) is 32.2 Å². The number of nitrogens with one attached hydrogen (secondary N) is 3. The lowest BCUT2D eigenvalue weighted by Crippen LogP contribution is -2.51. The lowest BCUT2D eigenvalue weighted by atomic mass is 9.85. The van der Waals surface area contributed by atoms with Gasteiger partial charge >= 0.3 is 5.97 Å². The van der Waals surface area contributed by atoms with E-state index in [1.807, 2.05) is 38.1 Å². The number of hydrogen-bond donors (Lipinski definition) is 4. The zero-order valence-electron chi connectivity index (χ0n) is 26.9. The number of nitrogens with zero attached hydrogens (tertiary/aromatic N) is 1. The number of carbonyl (C=O) groups is 5. The van der Waals surface area contributed by atoms with Crippen LogP contribution >= 0.6 is 34.8 Å². The zero-order chi connectivity index (χ0) is 36.1. The Morgan fingerprint density at radius 1 is 0.920 bits per heavy atom. The highest BCUT2D eigenvalue weighted by molar-refractivity contribution is 6.35. The summed E-state index contributed by atoms with van der Waals surface area (Å²) in [7, 11) is 0. The summed E-state index contributed by atoms with van der Waals surface area (Å²) in [4.78, 5) is 69.6. The molecule has 4 aromatic rings. The van der Waals surface area contributed by atoms with Crippen molar-refractivity contribution in [3.8, 4) is 11.3 Å². The molecular formula is C36H33Cl3N4O7. The van der Waals surface area contributed by atoms with Crippen LogP contribution in [0.4, 0.5) is 0 Å². The lowest BCUT2D eigenvalue weighted by Gasteiger charge is -2.28. The minimum absolute atomic E-state index is 0.232. The van der Waals surface area contributed by atoms with E-state index in [2.05, 4.69) is 20.9 Å². The number of Topliss-reactive ketones (excluding diaryl/α,β-unsaturated/α-hetero) is 2. The molecule has 1 aliphatic rings. The first kappa shape index (κ1) is 36.7. The number of benzene rings is 3. The Morgan fingerprint density at radius 2 is 1.60 bits per heavy atom. The second-order valence-electron chi connectivity index (χ2n) is 12.3. The summed E-state index contributed by atoms with van der Waals surface area (Å²) in [5, 5.41) is 19.1. The number of halogens is 3. The van der Waals surface area contributed by atoms with Crippen LogP contribution in [0.5, 0.6) is 0 Å². The van der Waals surface area contributed by atoms with Gasteiger partial charge in [-0.15, -0.1) is 0 Å². The maximum Gasteiger partial charge on any atom is 0.305 e. The van der Waals surface area contributed by atoms with Crippen LogP contribution in [0.1, 0.15) is 58.4 Å². The van der Waals surface area contributed by atoms with Gasteiger partial charge in [0.2, 0.25) is 11.7 Å². The van der Waals surface area contributed by atoms with Crippen molar-refractivity contribution >= 4 is 64.2 Å². The number of carboxylic acid groups (broad SMARTS) is 1. The summed E-state index contributed by atoms with van der Waals surface area (Å²) >= 11 is 18.1. The highest BCUT2D eigenvalue weighted by Gasteiger charge is 2.41. The fourth-order valence-corrected chi connectivity index (χ4v) is 6.60. The largest absolute Gasteiger partial charge is 0.481 e. The predicted molar refractivity (Wildman–Crippen MR) is 188 cm³/mol. The van der Waals surface area contributed by atoms with E-state index in [0.29, 0.717) is 32.6 Å². The Morgan fingerprint density at radius 3 is 2.26 bits per heavy atom. The summed E-state index contributed by atoms with van der Waals surface area (Å²) in [5.74, 6) is -4.90. The van der Waals surface area contributed by atoms with E-state index < -0.39 is 59.9 Å². The van der Waals surface area contributed by atoms with Crippen molar-refractivity contribution in [3.63, 3.8) is 0 Å². The summed E-state index contributed by atoms with van der Waals surface area (Å²) < 4.78 is 5.34. The van der Waals surface area contributed by atoms with Gasteiger partial charge in [0.25, 0.3) is 11.8 Å². The molecule has 50 heavy (non-hydrogen) atoms. The van der Waals surface area contributed by atoms with Gasteiger partial charge in [-0.05, 0) is 65.9 Å². The van der Waals surface area contributed by atoms with Crippen molar-refractivity contribution in [2.75, 3.05) is 6.54 Å². The number of oxazole rings is 1. The molecule has 0 aliphatic heterocycles. The molecule has 0 saturated carbocycles. The number of fused-ring (bicyclic) bond motifs is 1. The summed E-state index contributed by atoms with van der Waals surface area (Å²) in [6.07, 6.45) is 0.887. The van der Waals surface area contributed by atoms with Gasteiger partial charge in [0.15, 0.2) is 5.78 Å². The van der Waals surface area contributed by atoms with Crippen LogP contribution < -0.4 is 16.0 Å². The van der Waals surface area contributed by atoms with E-state index in [9.17, 15) is 29.1 Å². The van der Waals surface area contributed by atoms with E-state index >= 15 is 0 Å². The number of carbonyl (C=O) groups excluding carboxylic acids is 4. The van der Waals surface area contributed by atoms with E-state index in [1.54, 1.807) is 36.4 Å². The molecule has 2 amide bonds. The number of rotatable bonds is 14. The Bertz CT molecular complexity index is 1910. The van der Waals surface area contributed by atoms with E-state index in [-0.39, 0.29) is 23.9 Å². The number of aliphatic carboxylic acids is 1. The second kappa shape index (κ2) is 16.0. The third kappa shape index (κ3) is 8.78. The van der Waals surface area contributed by atoms with Gasteiger partial charge in [-0.1, -0.05) is 72.9 Å². The van der Waals surface area contributed by atoms with Crippen molar-refractivity contribution < 1.29 is 33.5 Å². The van der Waals surface area contributed by atoms with Crippen LogP contribution in [0, 0.1) is 5.92 Å². The molecule has 260 valence electrons. The molecule has 0 fully saturated rings. The minimum atomic E-state index is -1.50. The quantitative estimate of drug-likeness (QED) is 0.118. The molecule has 3 aromatic carbocycles. The van der Waals surface area contributed by atoms with Crippen LogP contribution in [0.25, 0.3) is 11.3 Å². The molecule has 4 N–H and O–H groups in total. The van der Waals surface area contributed by atoms with Crippen LogP contribution in [-0.2, 0) is 20.8 Å². The number of ketones is 2. The molecule has 0 bridgehead atoms. The van der Waals surface area contributed by atoms with E-state index in [4.69, 9.17) is 39.2 Å². The first-order valence-electron chi connectivity index (χ1n) is 15.7. The fraction of sp³-hybridized carbons (Fsp3) is 0.278. The van der Waals surface area contributed by atoms with Gasteiger partial charge in [0.05, 0.1) is 24.9 Å². The Hall–Kier alpha value is -4.55. The topological polar surface area (TPSA) is 168 Å². The molecule has 0 spiro atoms. The highest BCUT2D eigenvalue weighted by Crippen LogP contribution is 2.36. The first-order chi connectivity index (χ1) is 23.8. The molecule has 2 unspecified atom stereocenters. The first-order valence-corrected chi connectivity index (χ1v) is 16.8. The zero-order valence-corrected chi connectivity index (χ0v) is 29.2. The van der Waals surface area contributed by atoms with Crippen molar-refractivity contribution in [2.24, 2.45) is 5.92 Å². The molecule has 1 aromatic heterocycles. The fourth-order valence-electron chi connectivity index (χ4n) is 5.95. The number of amides is 2. The lowest BCUT2D eigenvalue weighted by molar-refractivity contribution is -0.137. The Kier molecular flexibility index (Phi) is 11.7. The number of hydrogen-bond acceptors (Lipinski definition) is 8. The number of carboxylic acids is 1. The Balaban J connectivity index is 1.29. The molecule has 4 atom stereocenters. The average Bonchev–Trinajstić information content (AvgIpc) is 3.70. The third-order valence-electron chi connectivity index (χ3n) is 8.33. The van der Waals surface area contributed by atoms with Gasteiger partial charge in [-0.3, -0.25) is 24.0 Å². The van der Waals surface area contributed by atoms with Gasteiger partial charge in [0.1, 0.15) is 18.0 Å². The van der Waals surface area contributed by atoms with Crippen LogP contribution in [0.3, 0.4) is 0 Å². The Labute approximate surface area is 302 Å². The monoisotopic (exact) mass is 738 g/mol. The average molecular weight is 740 g/mol. The third-order valence-corrected chi connectivity index (χ3v) is 9.02. The van der Waals surface area contributed by atoms with Gasteiger partial charge in [-0.2, -0.15) is 0 Å². The molecular weight excluding hydrogens is 707 g/mol. The van der Waals surface area contributed by atoms with Gasteiger partial charge < -0.3 is 25.5 Å². The van der Waals surface area contributed by atoms with E-state index in [1.165, 1.54) is 12.3 Å². The molecule has 1 heterocycles. The van der Waals surface area contributed by atoms with E-state index in [0.717, 1.165) is 11.1 Å². The van der Waals surface area contributed by atoms with Crippen molar-refractivity contribution in [1.29, 1.82) is 0 Å². The van der Waals surface area contributed by atoms with Gasteiger partial charge in [-0.25, -0.2) is 4.98 Å². The molecule has 0 radical (unpaired) electrons. The normalized spacial score (nSPS) is 16.4. The van der Waals surface area contributed by atoms with Crippen LogP contribution in [0.15, 0.2) is 77.4 Å². The molecule has 14 heteroatoms. The smallest absolute Gasteiger partial charge is 0.305 e. The maximum atomic E-state index is 14.2. The van der Waals surface area contributed by atoms with Crippen molar-refractivity contribution in [2.45, 2.75) is 50.7 Å². The maximum absolute atomic E-state index is 14.2. The molecule has 0 saturated heterocycles. The van der Waals surface area contributed by atoms with Crippen molar-refractivity contribution in [1.82, 2.24) is 20.9 Å². The molecule has 1 aliphatic carbocycles. The summed E-state index contributed by atoms with van der Waals surface area (Å²) in [6, 6.07) is 15.5. The summed E-state index contributed by atoms with van der Waals surface area (Å²) in [5.41, 5.74) is 2.75. The molecule has 11 nitrogen and oxygen atoms in total. The highest BCUT2D eigenvalue weighted by atomic mass is 35.5. The minimum Gasteiger partial charge on any atom is -0.481 e. The predicted octanol–water partition coefficient (Wildman–Crippen LogP) is 5.77. The van der Waals surface area contributed by atoms with Crippen LogP contribution in [-0.4, -0.2) is 64.1 Å². The second-order valence-corrected chi connectivity index (χ2v) is 13.6. The number of aromatic nitrogens is 1. The SMILES string of the molecule is CC(C)[C@H](NC(=O)c1ccc(Cl)cc1)C(=O)C1c2ccccc2CC1NCC(=O)N[C@@H](CC(=O)O)C(=O)c1nc(-c2cc(Cl)cc(Cl)c2)co1.